The lowest BCUT2D eigenvalue weighted by Gasteiger charge is -2.33. The van der Waals surface area contributed by atoms with Crippen LogP contribution < -0.4 is 0 Å². The van der Waals surface area contributed by atoms with Crippen LogP contribution in [0.5, 0.6) is 0 Å². The lowest BCUT2D eigenvalue weighted by Crippen LogP contribution is -2.49. The van der Waals surface area contributed by atoms with Gasteiger partial charge in [0.2, 0.25) is 5.78 Å². The molecule has 4 nitrogen and oxygen atoms in total. The first kappa shape index (κ1) is 11.3. The zero-order valence-electron chi connectivity index (χ0n) is 10.2. The summed E-state index contributed by atoms with van der Waals surface area (Å²) in [5.74, 6) is 0.666. The molecular weight excluding hydrogens is 202 g/mol. The van der Waals surface area contributed by atoms with Crippen LogP contribution in [-0.4, -0.2) is 38.9 Å². The summed E-state index contributed by atoms with van der Waals surface area (Å²) in [6.07, 6.45) is 5.87. The van der Waals surface area contributed by atoms with Gasteiger partial charge in [0.15, 0.2) is 5.82 Å². The molecular formula is C12H19N3O. The SMILES string of the molecule is Cn1ccnc1C(=O)C(C)(C)N1CCCC1. The molecule has 0 unspecified atom stereocenters. The highest BCUT2D eigenvalue weighted by Gasteiger charge is 2.38. The number of hydrogen-bond acceptors (Lipinski definition) is 3. The molecule has 1 saturated heterocycles. The first-order valence-electron chi connectivity index (χ1n) is 5.80. The highest BCUT2D eigenvalue weighted by molar-refractivity contribution is 5.99. The van der Waals surface area contributed by atoms with Crippen LogP contribution in [0.3, 0.4) is 0 Å². The standard InChI is InChI=1S/C12H19N3O/c1-12(2,15-7-4-5-8-15)10(16)11-13-6-9-14(11)3/h6,9H,4-5,7-8H2,1-3H3. The summed E-state index contributed by atoms with van der Waals surface area (Å²) >= 11 is 0. The number of Topliss-reactive ketones (excluding diaryl/α,β-unsaturated/α-hetero) is 1. The minimum Gasteiger partial charge on any atom is -0.332 e. The van der Waals surface area contributed by atoms with Crippen molar-refractivity contribution in [1.82, 2.24) is 14.5 Å². The van der Waals surface area contributed by atoms with Crippen LogP contribution in [0.1, 0.15) is 37.3 Å². The predicted octanol–water partition coefficient (Wildman–Crippen LogP) is 1.48. The minimum absolute atomic E-state index is 0.113. The smallest absolute Gasteiger partial charge is 0.217 e. The van der Waals surface area contributed by atoms with Gasteiger partial charge < -0.3 is 4.57 Å². The Morgan fingerprint density at radius 3 is 2.50 bits per heavy atom. The molecule has 2 heterocycles. The lowest BCUT2D eigenvalue weighted by molar-refractivity contribution is 0.0687. The largest absolute Gasteiger partial charge is 0.332 e. The van der Waals surface area contributed by atoms with Crippen molar-refractivity contribution in [3.8, 4) is 0 Å². The molecule has 0 aliphatic carbocycles. The van der Waals surface area contributed by atoms with E-state index in [1.54, 1.807) is 10.8 Å². The van der Waals surface area contributed by atoms with E-state index in [0.717, 1.165) is 13.1 Å². The van der Waals surface area contributed by atoms with Crippen molar-refractivity contribution in [2.75, 3.05) is 13.1 Å². The molecule has 4 heteroatoms. The Labute approximate surface area is 96.3 Å². The normalized spacial score (nSPS) is 17.9. The quantitative estimate of drug-likeness (QED) is 0.726. The van der Waals surface area contributed by atoms with Gasteiger partial charge in [-0.3, -0.25) is 9.69 Å². The lowest BCUT2D eigenvalue weighted by atomic mass is 9.96. The Morgan fingerprint density at radius 2 is 2.00 bits per heavy atom. The highest BCUT2D eigenvalue weighted by atomic mass is 16.1. The van der Waals surface area contributed by atoms with Crippen LogP contribution in [-0.2, 0) is 7.05 Å². The Bertz CT molecular complexity index is 389. The summed E-state index contributed by atoms with van der Waals surface area (Å²) in [4.78, 5) is 18.8. The monoisotopic (exact) mass is 221 g/mol. The number of aryl methyl sites for hydroxylation is 1. The van der Waals surface area contributed by atoms with Gasteiger partial charge in [0.05, 0.1) is 5.54 Å². The van der Waals surface area contributed by atoms with E-state index in [0.29, 0.717) is 5.82 Å². The van der Waals surface area contributed by atoms with E-state index in [1.807, 2.05) is 27.1 Å². The zero-order chi connectivity index (χ0) is 11.8. The van der Waals surface area contributed by atoms with E-state index in [9.17, 15) is 4.79 Å². The van der Waals surface area contributed by atoms with Crippen molar-refractivity contribution >= 4 is 5.78 Å². The molecule has 0 atom stereocenters. The van der Waals surface area contributed by atoms with Gasteiger partial charge in [-0.1, -0.05) is 0 Å². The number of rotatable bonds is 3. The molecule has 0 spiro atoms. The molecule has 0 aromatic carbocycles. The van der Waals surface area contributed by atoms with E-state index >= 15 is 0 Å². The molecule has 16 heavy (non-hydrogen) atoms. The van der Waals surface area contributed by atoms with E-state index in [1.165, 1.54) is 12.8 Å². The Balaban J connectivity index is 2.23. The Morgan fingerprint density at radius 1 is 1.38 bits per heavy atom. The predicted molar refractivity (Wildman–Crippen MR) is 62.4 cm³/mol. The second-order valence-corrected chi connectivity index (χ2v) is 4.94. The summed E-state index contributed by atoms with van der Waals surface area (Å²) < 4.78 is 1.79. The maximum Gasteiger partial charge on any atom is 0.217 e. The van der Waals surface area contributed by atoms with Crippen LogP contribution in [0, 0.1) is 0 Å². The number of likely N-dealkylation sites (tertiary alicyclic amines) is 1. The van der Waals surface area contributed by atoms with Crippen LogP contribution in [0.25, 0.3) is 0 Å². The van der Waals surface area contributed by atoms with E-state index in [2.05, 4.69) is 9.88 Å². The zero-order valence-corrected chi connectivity index (χ0v) is 10.2. The first-order chi connectivity index (χ1) is 7.53. The second-order valence-electron chi connectivity index (χ2n) is 4.94. The van der Waals surface area contributed by atoms with Crippen molar-refractivity contribution in [1.29, 1.82) is 0 Å². The van der Waals surface area contributed by atoms with Gasteiger partial charge in [-0.2, -0.15) is 0 Å². The molecule has 88 valence electrons. The van der Waals surface area contributed by atoms with E-state index in [-0.39, 0.29) is 5.78 Å². The molecule has 1 aliphatic rings. The number of nitrogens with zero attached hydrogens (tertiary/aromatic N) is 3. The van der Waals surface area contributed by atoms with Crippen LogP contribution in [0.2, 0.25) is 0 Å². The third kappa shape index (κ3) is 1.78. The van der Waals surface area contributed by atoms with Crippen molar-refractivity contribution in [3.05, 3.63) is 18.2 Å². The Kier molecular flexibility index (Phi) is 2.84. The first-order valence-corrected chi connectivity index (χ1v) is 5.80. The third-order valence-electron chi connectivity index (χ3n) is 3.48. The Hall–Kier alpha value is -1.16. The fourth-order valence-corrected chi connectivity index (χ4v) is 2.28. The maximum atomic E-state index is 12.4. The maximum absolute atomic E-state index is 12.4. The highest BCUT2D eigenvalue weighted by Crippen LogP contribution is 2.24. The number of hydrogen-bond donors (Lipinski definition) is 0. The molecule has 0 bridgehead atoms. The third-order valence-corrected chi connectivity index (χ3v) is 3.48. The van der Waals surface area contributed by atoms with Gasteiger partial charge >= 0.3 is 0 Å². The van der Waals surface area contributed by atoms with Crippen LogP contribution in [0.4, 0.5) is 0 Å². The molecule has 1 fully saturated rings. The summed E-state index contributed by atoms with van der Waals surface area (Å²) in [7, 11) is 1.86. The molecule has 0 N–H and O–H groups in total. The van der Waals surface area contributed by atoms with E-state index < -0.39 is 5.54 Å². The average Bonchev–Trinajstić information content (AvgIpc) is 2.86. The van der Waals surface area contributed by atoms with Crippen molar-refractivity contribution < 1.29 is 4.79 Å². The number of carbonyl (C=O) groups excluding carboxylic acids is 1. The summed E-state index contributed by atoms with van der Waals surface area (Å²) in [5.41, 5.74) is -0.435. The van der Waals surface area contributed by atoms with Gasteiger partial charge in [-0.15, -0.1) is 0 Å². The number of ketones is 1. The van der Waals surface area contributed by atoms with Crippen LogP contribution in [0.15, 0.2) is 12.4 Å². The fourth-order valence-electron chi connectivity index (χ4n) is 2.28. The van der Waals surface area contributed by atoms with Gasteiger partial charge in [0.25, 0.3) is 0 Å². The molecule has 0 amide bonds. The van der Waals surface area contributed by atoms with Gasteiger partial charge in [0, 0.05) is 19.4 Å². The topological polar surface area (TPSA) is 38.1 Å². The molecule has 0 radical (unpaired) electrons. The number of aromatic nitrogens is 2. The summed E-state index contributed by atoms with van der Waals surface area (Å²) in [6, 6.07) is 0. The van der Waals surface area contributed by atoms with Gasteiger partial charge in [-0.25, -0.2) is 4.98 Å². The van der Waals surface area contributed by atoms with Gasteiger partial charge in [0.1, 0.15) is 0 Å². The summed E-state index contributed by atoms with van der Waals surface area (Å²) in [6.45, 7) is 6.02. The van der Waals surface area contributed by atoms with Crippen LogP contribution >= 0.6 is 0 Å². The average molecular weight is 221 g/mol. The van der Waals surface area contributed by atoms with Crippen molar-refractivity contribution in [3.63, 3.8) is 0 Å². The van der Waals surface area contributed by atoms with Gasteiger partial charge in [-0.05, 0) is 39.8 Å². The molecule has 1 aromatic rings. The van der Waals surface area contributed by atoms with E-state index in [4.69, 9.17) is 0 Å². The number of imidazole rings is 1. The van der Waals surface area contributed by atoms with Crippen molar-refractivity contribution in [2.45, 2.75) is 32.2 Å². The minimum atomic E-state index is -0.435. The second kappa shape index (κ2) is 4.01. The number of carbonyl (C=O) groups is 1. The summed E-state index contributed by atoms with van der Waals surface area (Å²) in [5, 5.41) is 0. The molecule has 2 rings (SSSR count). The fraction of sp³-hybridized carbons (Fsp3) is 0.667. The molecule has 1 aliphatic heterocycles. The van der Waals surface area contributed by atoms with Crippen molar-refractivity contribution in [2.24, 2.45) is 7.05 Å². The molecule has 1 aromatic heterocycles. The molecule has 0 saturated carbocycles.